The molecule has 2 amide bonds. The van der Waals surface area contributed by atoms with Crippen molar-refractivity contribution in [1.82, 2.24) is 10.2 Å². The Kier molecular flexibility index (Phi) is 4.12. The lowest BCUT2D eigenvalue weighted by Crippen LogP contribution is -2.48. The molecule has 5 atom stereocenters. The first kappa shape index (κ1) is 15.8. The molecule has 0 spiro atoms. The molecule has 0 radical (unpaired) electrons. The van der Waals surface area contributed by atoms with Crippen molar-refractivity contribution >= 4 is 6.03 Å². The first-order chi connectivity index (χ1) is 11.6. The number of hydrogen-bond acceptors (Lipinski definition) is 3. The Morgan fingerprint density at radius 3 is 2.96 bits per heavy atom. The SMILES string of the molecule is Cc1ccccc1OCCCNC(=O)N1C[C@@H]2C[C@H]3C[C@H]2[C@H]1[C@@H]3O. The van der Waals surface area contributed by atoms with Gasteiger partial charge in [0.2, 0.25) is 0 Å². The molecule has 2 bridgehead atoms. The summed E-state index contributed by atoms with van der Waals surface area (Å²) in [6.45, 7) is 4.03. The third-order valence-electron chi connectivity index (χ3n) is 6.06. The Morgan fingerprint density at radius 1 is 1.33 bits per heavy atom. The number of hydrogen-bond donors (Lipinski definition) is 2. The fraction of sp³-hybridized carbons (Fsp3) is 0.632. The number of carbonyl (C=O) groups excluding carboxylic acids is 1. The Bertz CT molecular complexity index is 618. The van der Waals surface area contributed by atoms with Crippen molar-refractivity contribution in [1.29, 1.82) is 0 Å². The molecule has 2 N–H and O–H groups in total. The van der Waals surface area contributed by atoms with Crippen LogP contribution in [0.4, 0.5) is 4.79 Å². The van der Waals surface area contributed by atoms with Crippen LogP contribution in [0.2, 0.25) is 0 Å². The van der Waals surface area contributed by atoms with Gasteiger partial charge in [-0.05, 0) is 55.6 Å². The van der Waals surface area contributed by atoms with E-state index in [2.05, 4.69) is 5.32 Å². The number of amides is 2. The summed E-state index contributed by atoms with van der Waals surface area (Å²) in [6, 6.07) is 7.98. The van der Waals surface area contributed by atoms with Crippen molar-refractivity contribution in [3.8, 4) is 5.75 Å². The number of nitrogens with zero attached hydrogens (tertiary/aromatic N) is 1. The van der Waals surface area contributed by atoms with Crippen LogP contribution in [0.5, 0.6) is 5.75 Å². The highest BCUT2D eigenvalue weighted by Gasteiger charge is 2.59. The number of aryl methyl sites for hydroxylation is 1. The predicted molar refractivity (Wildman–Crippen MR) is 90.9 cm³/mol. The summed E-state index contributed by atoms with van der Waals surface area (Å²) >= 11 is 0. The number of benzene rings is 1. The fourth-order valence-corrected chi connectivity index (χ4v) is 4.92. The van der Waals surface area contributed by atoms with Crippen LogP contribution in [-0.2, 0) is 0 Å². The fourth-order valence-electron chi connectivity index (χ4n) is 4.92. The summed E-state index contributed by atoms with van der Waals surface area (Å²) in [4.78, 5) is 14.3. The van der Waals surface area contributed by atoms with Gasteiger partial charge in [-0.1, -0.05) is 18.2 Å². The molecule has 24 heavy (non-hydrogen) atoms. The minimum atomic E-state index is -0.316. The van der Waals surface area contributed by atoms with Crippen LogP contribution in [0.3, 0.4) is 0 Å². The van der Waals surface area contributed by atoms with Gasteiger partial charge in [-0.3, -0.25) is 0 Å². The molecule has 3 fully saturated rings. The smallest absolute Gasteiger partial charge is 0.317 e. The maximum Gasteiger partial charge on any atom is 0.317 e. The normalized spacial score (nSPS) is 33.1. The second kappa shape index (κ2) is 6.28. The monoisotopic (exact) mass is 330 g/mol. The highest BCUT2D eigenvalue weighted by Crippen LogP contribution is 2.54. The van der Waals surface area contributed by atoms with Gasteiger partial charge in [-0.25, -0.2) is 4.79 Å². The van der Waals surface area contributed by atoms with Crippen LogP contribution in [-0.4, -0.2) is 47.9 Å². The average molecular weight is 330 g/mol. The van der Waals surface area contributed by atoms with E-state index in [0.29, 0.717) is 30.9 Å². The van der Waals surface area contributed by atoms with Gasteiger partial charge in [0.25, 0.3) is 0 Å². The molecule has 1 saturated heterocycles. The third kappa shape index (κ3) is 2.65. The van der Waals surface area contributed by atoms with E-state index in [1.165, 1.54) is 0 Å². The Hall–Kier alpha value is -1.75. The minimum Gasteiger partial charge on any atom is -0.493 e. The molecule has 1 aromatic rings. The van der Waals surface area contributed by atoms with Crippen molar-refractivity contribution < 1.29 is 14.6 Å². The molecule has 0 aromatic heterocycles. The van der Waals surface area contributed by atoms with Crippen LogP contribution in [0.15, 0.2) is 24.3 Å². The Morgan fingerprint density at radius 2 is 2.17 bits per heavy atom. The Labute approximate surface area is 143 Å². The number of likely N-dealkylation sites (tertiary alicyclic amines) is 1. The average Bonchev–Trinajstić information content (AvgIpc) is 3.18. The number of fused-ring (bicyclic) bond motifs is 1. The van der Waals surface area contributed by atoms with E-state index >= 15 is 0 Å². The van der Waals surface area contributed by atoms with Crippen molar-refractivity contribution in [2.75, 3.05) is 19.7 Å². The minimum absolute atomic E-state index is 0.0232. The number of ether oxygens (including phenoxy) is 1. The molecule has 2 aliphatic carbocycles. The van der Waals surface area contributed by atoms with E-state index in [1.807, 2.05) is 36.1 Å². The molecular formula is C19H26N2O3. The quantitative estimate of drug-likeness (QED) is 0.814. The van der Waals surface area contributed by atoms with Gasteiger partial charge in [-0.2, -0.15) is 0 Å². The molecule has 2 saturated carbocycles. The molecule has 1 aromatic carbocycles. The van der Waals surface area contributed by atoms with E-state index in [1.54, 1.807) is 0 Å². The highest BCUT2D eigenvalue weighted by atomic mass is 16.5. The topological polar surface area (TPSA) is 61.8 Å². The summed E-state index contributed by atoms with van der Waals surface area (Å²) in [7, 11) is 0. The van der Waals surface area contributed by atoms with Crippen molar-refractivity contribution in [3.05, 3.63) is 29.8 Å². The van der Waals surface area contributed by atoms with E-state index in [0.717, 1.165) is 37.1 Å². The largest absolute Gasteiger partial charge is 0.493 e. The van der Waals surface area contributed by atoms with Crippen LogP contribution >= 0.6 is 0 Å². The number of aliphatic hydroxyl groups excluding tert-OH is 1. The van der Waals surface area contributed by atoms with Gasteiger partial charge in [0.05, 0.1) is 18.8 Å². The number of nitrogens with one attached hydrogen (secondary N) is 1. The van der Waals surface area contributed by atoms with E-state index < -0.39 is 0 Å². The molecule has 0 unspecified atom stereocenters. The van der Waals surface area contributed by atoms with Crippen LogP contribution in [0.25, 0.3) is 0 Å². The van der Waals surface area contributed by atoms with Crippen molar-refractivity contribution in [2.45, 2.75) is 38.3 Å². The van der Waals surface area contributed by atoms with Crippen molar-refractivity contribution in [3.63, 3.8) is 0 Å². The number of urea groups is 1. The first-order valence-corrected chi connectivity index (χ1v) is 9.06. The maximum atomic E-state index is 12.4. The first-order valence-electron chi connectivity index (χ1n) is 9.06. The summed E-state index contributed by atoms with van der Waals surface area (Å²) in [5.41, 5.74) is 1.12. The van der Waals surface area contributed by atoms with E-state index in [9.17, 15) is 9.90 Å². The third-order valence-corrected chi connectivity index (χ3v) is 6.06. The van der Waals surface area contributed by atoms with E-state index in [4.69, 9.17) is 4.74 Å². The zero-order chi connectivity index (χ0) is 16.7. The van der Waals surface area contributed by atoms with Gasteiger partial charge in [0, 0.05) is 13.1 Å². The lowest BCUT2D eigenvalue weighted by atomic mass is 9.88. The Balaban J connectivity index is 1.21. The molecule has 5 nitrogen and oxygen atoms in total. The van der Waals surface area contributed by atoms with Gasteiger partial charge in [0.1, 0.15) is 5.75 Å². The molecule has 5 heteroatoms. The molecule has 1 heterocycles. The van der Waals surface area contributed by atoms with Gasteiger partial charge >= 0.3 is 6.03 Å². The van der Waals surface area contributed by atoms with Gasteiger partial charge in [0.15, 0.2) is 0 Å². The zero-order valence-electron chi connectivity index (χ0n) is 14.1. The van der Waals surface area contributed by atoms with Crippen LogP contribution in [0.1, 0.15) is 24.8 Å². The second-order valence-electron chi connectivity index (χ2n) is 7.49. The number of carbonyl (C=O) groups is 1. The lowest BCUT2D eigenvalue weighted by Gasteiger charge is -2.28. The van der Waals surface area contributed by atoms with E-state index in [-0.39, 0.29) is 18.2 Å². The standard InChI is InChI=1S/C19H26N2O3/c1-12-5-2-3-6-16(12)24-8-4-7-20-19(23)21-11-14-9-13-10-15(14)17(21)18(13)22/h2-3,5-6,13-15,17-18,22H,4,7-11H2,1H3,(H,20,23)/t13-,14-,15+,17-,18+/m0/s1. The lowest BCUT2D eigenvalue weighted by molar-refractivity contribution is 0.0609. The van der Waals surface area contributed by atoms with Crippen LogP contribution < -0.4 is 10.1 Å². The van der Waals surface area contributed by atoms with Crippen molar-refractivity contribution in [2.24, 2.45) is 17.8 Å². The summed E-state index contributed by atoms with van der Waals surface area (Å²) in [6.07, 6.45) is 2.65. The molecule has 4 rings (SSSR count). The summed E-state index contributed by atoms with van der Waals surface area (Å²) < 4.78 is 5.75. The summed E-state index contributed by atoms with van der Waals surface area (Å²) in [5.74, 6) is 2.46. The molecular weight excluding hydrogens is 304 g/mol. The molecule has 130 valence electrons. The number of para-hydroxylation sites is 1. The van der Waals surface area contributed by atoms with Crippen LogP contribution in [0, 0.1) is 24.7 Å². The summed E-state index contributed by atoms with van der Waals surface area (Å²) in [5, 5.41) is 13.3. The molecule has 1 aliphatic heterocycles. The second-order valence-corrected chi connectivity index (χ2v) is 7.49. The zero-order valence-corrected chi connectivity index (χ0v) is 14.1. The van der Waals surface area contributed by atoms with Gasteiger partial charge in [-0.15, -0.1) is 0 Å². The molecule has 3 aliphatic rings. The predicted octanol–water partition coefficient (Wildman–Crippen LogP) is 2.17. The number of aliphatic hydroxyl groups is 1. The maximum absolute atomic E-state index is 12.4. The van der Waals surface area contributed by atoms with Gasteiger partial charge < -0.3 is 20.1 Å². The highest BCUT2D eigenvalue weighted by molar-refractivity contribution is 5.75. The number of rotatable bonds is 5.